The van der Waals surface area contributed by atoms with Gasteiger partial charge in [0, 0.05) is 36.4 Å². The standard InChI is InChI=1S/C64H79N11O13.C2HF3O2/c1-3-4-18-49(70-59(83)52(30-44-35-66-48-19-12-11-17-46(44)48)73-63(87)88-64-32-41-24-42(33-64)26-43(25-41)34-64)58(82)72-53(31-55(78)79)60(84)71-51(29-39-15-9-6-10-16-39)62(86)75-74-61(85)50(28-38-13-7-5-8-14-38)69-54(77)36-67-56(80)37(2)68-57(81)47(65)27-40-20-22-45(76)23-21-40;3-2(4,5)1(6)7/h5-17,19-23,35,37,41-43,47,49-53,66,76H,3-4,18,24-34,36,65H2,1-2H3,(H,67,80)(H,68,81)(H,69,77)(H,70,83)(H,71,84)(H,72,82)(H,73,87)(H,74,85)(H,75,86)(H,78,79);(H,6,7)/t37-,41?,42?,43?,47+,49+,50+,51+,52-,53+,64?;/m1./s1. The average molecular weight is 1320 g/mol. The molecule has 4 saturated carbocycles. The number of phenolic OH excluding ortho intramolecular Hbond substituents is 1. The molecule has 7 atom stereocenters. The molecule has 9 rings (SSSR count). The van der Waals surface area contributed by atoms with E-state index >= 15 is 0 Å². The lowest BCUT2D eigenvalue weighted by molar-refractivity contribution is -0.192. The Morgan fingerprint density at radius 2 is 1.07 bits per heavy atom. The van der Waals surface area contributed by atoms with E-state index in [4.69, 9.17) is 20.4 Å². The van der Waals surface area contributed by atoms with Gasteiger partial charge in [-0.15, -0.1) is 0 Å². The zero-order chi connectivity index (χ0) is 69.0. The summed E-state index contributed by atoms with van der Waals surface area (Å²) < 4.78 is 38.0. The molecule has 4 aromatic carbocycles. The number of alkyl carbamates (subject to hydrolysis) is 1. The van der Waals surface area contributed by atoms with Gasteiger partial charge in [-0.25, -0.2) is 9.59 Å². The Morgan fingerprint density at radius 3 is 1.62 bits per heavy atom. The number of ether oxygens (including phenoxy) is 1. The van der Waals surface area contributed by atoms with Gasteiger partial charge in [0.05, 0.1) is 19.0 Å². The number of aromatic nitrogens is 1. The van der Waals surface area contributed by atoms with Gasteiger partial charge in [0.15, 0.2) is 0 Å². The SMILES string of the molecule is CCCC[C@H](NC(=O)[C@@H](Cc1c[nH]c2ccccc12)NC(=O)OC12CC3CC(CC(C3)C1)C2)C(=O)N[C@@H](CC(=O)O)C(=O)N[C@@H](Cc1ccccc1)C(=O)NNC(=O)[C@H](Cc1ccccc1)NC(=O)CNC(=O)[C@@H](C)NC(=O)[C@@H](N)Cc1ccc(O)cc1.O=C(O)C(F)(F)F. The summed E-state index contributed by atoms with van der Waals surface area (Å²) >= 11 is 0. The van der Waals surface area contributed by atoms with Crippen LogP contribution in [0.4, 0.5) is 18.0 Å². The number of hydrazine groups is 1. The van der Waals surface area contributed by atoms with E-state index < -0.39 is 132 Å². The summed E-state index contributed by atoms with van der Waals surface area (Å²) in [5.41, 5.74) is 13.4. The highest BCUT2D eigenvalue weighted by atomic mass is 19.4. The smallest absolute Gasteiger partial charge is 0.490 e. The number of hydrogen-bond acceptors (Lipinski definition) is 14. The largest absolute Gasteiger partial charge is 0.508 e. The number of nitrogens with two attached hydrogens (primary N) is 1. The quantitative estimate of drug-likeness (QED) is 0.0305. The van der Waals surface area contributed by atoms with Gasteiger partial charge in [-0.1, -0.05) is 111 Å². The van der Waals surface area contributed by atoms with Crippen molar-refractivity contribution in [1.29, 1.82) is 0 Å². The van der Waals surface area contributed by atoms with Crippen LogP contribution in [0.3, 0.4) is 0 Å². The monoisotopic (exact) mass is 1320 g/mol. The molecular weight excluding hydrogens is 1240 g/mol. The number of hydrogen-bond donors (Lipinski definition) is 14. The molecule has 4 fully saturated rings. The van der Waals surface area contributed by atoms with Gasteiger partial charge in [0.25, 0.3) is 11.8 Å². The number of aliphatic carboxylic acids is 2. The van der Waals surface area contributed by atoms with Crippen LogP contribution >= 0.6 is 0 Å². The summed E-state index contributed by atoms with van der Waals surface area (Å²) in [6, 6.07) is 21.2. The van der Waals surface area contributed by atoms with E-state index in [1.54, 1.807) is 79.0 Å². The second-order valence-electron chi connectivity index (χ2n) is 24.4. The number of amides is 9. The molecule has 0 saturated heterocycles. The predicted octanol–water partition coefficient (Wildman–Crippen LogP) is 3.54. The van der Waals surface area contributed by atoms with Crippen LogP contribution in [0.5, 0.6) is 5.75 Å². The highest BCUT2D eigenvalue weighted by molar-refractivity contribution is 5.98. The van der Waals surface area contributed by atoms with Gasteiger partial charge in [-0.05, 0) is 116 Å². The lowest BCUT2D eigenvalue weighted by atomic mass is 9.54. The summed E-state index contributed by atoms with van der Waals surface area (Å²) in [6.07, 6.45) is 1.53. The van der Waals surface area contributed by atoms with Crippen LogP contribution in [0.2, 0.25) is 0 Å². The molecule has 26 nitrogen and oxygen atoms in total. The fraction of sp³-hybridized carbons (Fsp3) is 0.439. The van der Waals surface area contributed by atoms with Crippen molar-refractivity contribution >= 4 is 76.2 Å². The van der Waals surface area contributed by atoms with Crippen LogP contribution in [0.25, 0.3) is 10.9 Å². The molecule has 0 aliphatic heterocycles. The van der Waals surface area contributed by atoms with Crippen molar-refractivity contribution in [3.05, 3.63) is 138 Å². The highest BCUT2D eigenvalue weighted by Gasteiger charge is 2.53. The van der Waals surface area contributed by atoms with Crippen LogP contribution in [0, 0.1) is 17.8 Å². The molecule has 9 amide bonds. The van der Waals surface area contributed by atoms with Crippen LogP contribution in [0.15, 0.2) is 115 Å². The lowest BCUT2D eigenvalue weighted by Gasteiger charge is -2.55. The van der Waals surface area contributed by atoms with Crippen molar-refractivity contribution in [2.24, 2.45) is 23.5 Å². The lowest BCUT2D eigenvalue weighted by Crippen LogP contribution is -2.61. The van der Waals surface area contributed by atoms with Crippen molar-refractivity contribution in [2.45, 2.75) is 158 Å². The van der Waals surface area contributed by atoms with Gasteiger partial charge in [0.1, 0.15) is 47.6 Å². The molecular formula is C66H80F3N11O15. The number of nitrogens with one attached hydrogen (secondary N) is 10. The number of benzene rings is 4. The minimum Gasteiger partial charge on any atom is -0.508 e. The van der Waals surface area contributed by atoms with Crippen molar-refractivity contribution in [3.63, 3.8) is 0 Å². The molecule has 4 aliphatic carbocycles. The van der Waals surface area contributed by atoms with E-state index in [9.17, 15) is 71.3 Å². The van der Waals surface area contributed by atoms with E-state index in [1.807, 2.05) is 31.2 Å². The van der Waals surface area contributed by atoms with Crippen molar-refractivity contribution in [2.75, 3.05) is 6.54 Å². The third-order valence-electron chi connectivity index (χ3n) is 16.8. The number of fused-ring (bicyclic) bond motifs is 1. The Hall–Kier alpha value is -10.1. The Labute approximate surface area is 544 Å². The van der Waals surface area contributed by atoms with Crippen LogP contribution < -0.4 is 53.8 Å². The number of carboxylic acids is 2. The Balaban J connectivity index is 0.00000172. The number of para-hydroxylation sites is 1. The number of halogens is 3. The summed E-state index contributed by atoms with van der Waals surface area (Å²) in [4.78, 5) is 149. The van der Waals surface area contributed by atoms with Crippen molar-refractivity contribution in [1.82, 2.24) is 53.1 Å². The number of rotatable bonds is 29. The first-order chi connectivity index (χ1) is 45.2. The summed E-state index contributed by atoms with van der Waals surface area (Å²) in [5, 5.41) is 45.7. The van der Waals surface area contributed by atoms with Gasteiger partial charge >= 0.3 is 24.2 Å². The Bertz CT molecular complexity index is 3490. The zero-order valence-electron chi connectivity index (χ0n) is 52.3. The maximum atomic E-state index is 14.6. The molecule has 510 valence electrons. The summed E-state index contributed by atoms with van der Waals surface area (Å²) in [7, 11) is 0. The van der Waals surface area contributed by atoms with E-state index in [1.165, 1.54) is 19.1 Å². The van der Waals surface area contributed by atoms with Gasteiger partial charge in [0.2, 0.25) is 35.4 Å². The highest BCUT2D eigenvalue weighted by Crippen LogP contribution is 2.57. The average Bonchev–Trinajstić information content (AvgIpc) is 1.23. The number of H-pyrrole nitrogens is 1. The zero-order valence-corrected chi connectivity index (χ0v) is 52.3. The number of carboxylic acid groups (broad SMARTS) is 2. The molecule has 1 heterocycles. The molecule has 0 radical (unpaired) electrons. The number of aromatic amines is 1. The van der Waals surface area contributed by atoms with E-state index in [2.05, 4.69) is 53.1 Å². The molecule has 15 N–H and O–H groups in total. The number of alkyl halides is 3. The second kappa shape index (κ2) is 33.7. The van der Waals surface area contributed by atoms with E-state index in [0.717, 1.165) is 49.4 Å². The predicted molar refractivity (Wildman–Crippen MR) is 336 cm³/mol. The van der Waals surface area contributed by atoms with Crippen LogP contribution in [-0.4, -0.2) is 146 Å². The van der Waals surface area contributed by atoms with Crippen molar-refractivity contribution in [3.8, 4) is 5.75 Å². The number of unbranched alkanes of at least 4 members (excludes halogenated alkanes) is 1. The number of carbonyl (C=O) groups is 11. The summed E-state index contributed by atoms with van der Waals surface area (Å²) in [6.45, 7) is 2.63. The van der Waals surface area contributed by atoms with E-state index in [0.29, 0.717) is 52.8 Å². The molecule has 1 aromatic heterocycles. The number of carbonyl (C=O) groups excluding carboxylic acids is 9. The van der Waals surface area contributed by atoms with E-state index in [-0.39, 0.29) is 37.9 Å². The first-order valence-corrected chi connectivity index (χ1v) is 31.2. The molecule has 4 bridgehead atoms. The van der Waals surface area contributed by atoms with Gasteiger partial charge in [-0.2, -0.15) is 13.2 Å². The first kappa shape index (κ1) is 72.4. The molecule has 4 aliphatic rings. The first-order valence-electron chi connectivity index (χ1n) is 31.2. The Morgan fingerprint density at radius 1 is 0.589 bits per heavy atom. The van der Waals surface area contributed by atoms with Gasteiger partial charge in [-0.3, -0.25) is 54.0 Å². The normalized spacial score (nSPS) is 19.0. The maximum absolute atomic E-state index is 14.6. The van der Waals surface area contributed by atoms with Gasteiger partial charge < -0.3 is 68.0 Å². The molecule has 29 heteroatoms. The Kier molecular flexibility index (Phi) is 25.7. The second-order valence-corrected chi connectivity index (χ2v) is 24.4. The molecule has 0 spiro atoms. The van der Waals surface area contributed by atoms with Crippen molar-refractivity contribution < 1.29 is 86.0 Å². The minimum atomic E-state index is -5.08. The number of phenols is 1. The maximum Gasteiger partial charge on any atom is 0.490 e. The molecule has 5 aromatic rings. The minimum absolute atomic E-state index is 0.0104. The van der Waals surface area contributed by atoms with Crippen LogP contribution in [0.1, 0.15) is 100 Å². The molecule has 95 heavy (non-hydrogen) atoms. The fourth-order valence-electron chi connectivity index (χ4n) is 12.5. The molecule has 0 unspecified atom stereocenters. The fourth-order valence-corrected chi connectivity index (χ4v) is 12.5. The topological polar surface area (TPSA) is 408 Å². The number of aromatic hydroxyl groups is 1. The summed E-state index contributed by atoms with van der Waals surface area (Å²) in [5.74, 6) is -9.57. The third kappa shape index (κ3) is 22.0. The van der Waals surface area contributed by atoms with Crippen LogP contribution in [-0.2, 0) is 78.4 Å². The third-order valence-corrected chi connectivity index (χ3v) is 16.8.